The zero-order valence-electron chi connectivity index (χ0n) is 9.69. The molecule has 2 N–H and O–H groups in total. The topological polar surface area (TPSA) is 35.2 Å². The van der Waals surface area contributed by atoms with Crippen LogP contribution in [0.2, 0.25) is 0 Å². The van der Waals surface area contributed by atoms with E-state index in [4.69, 9.17) is 22.7 Å². The maximum atomic E-state index is 5.73. The summed E-state index contributed by atoms with van der Waals surface area (Å²) in [4.78, 5) is 0.594. The highest BCUT2D eigenvalue weighted by Crippen LogP contribution is 2.16. The zero-order valence-corrected chi connectivity index (χ0v) is 10.5. The second-order valence-electron chi connectivity index (χ2n) is 3.85. The lowest BCUT2D eigenvalue weighted by atomic mass is 10.1. The van der Waals surface area contributed by atoms with Gasteiger partial charge in [-0.3, -0.25) is 0 Å². The largest absolute Gasteiger partial charge is 0.393 e. The summed E-state index contributed by atoms with van der Waals surface area (Å²) in [6, 6.07) is 10.2. The van der Waals surface area contributed by atoms with Crippen LogP contribution in [0, 0.1) is 0 Å². The molecule has 0 radical (unpaired) electrons. The first-order valence-electron chi connectivity index (χ1n) is 5.65. The maximum Gasteiger partial charge on any atom is 0.0796 e. The Hall–Kier alpha value is -0.930. The van der Waals surface area contributed by atoms with Crippen LogP contribution in [0.3, 0.4) is 0 Å². The molecule has 0 amide bonds. The van der Waals surface area contributed by atoms with E-state index in [1.807, 2.05) is 18.2 Å². The van der Waals surface area contributed by atoms with Gasteiger partial charge in [-0.15, -0.1) is 0 Å². The molecule has 1 aromatic rings. The van der Waals surface area contributed by atoms with Gasteiger partial charge in [-0.2, -0.15) is 0 Å². The summed E-state index contributed by atoms with van der Waals surface area (Å²) in [6.45, 7) is 2.83. The van der Waals surface area contributed by atoms with E-state index in [1.165, 1.54) is 5.56 Å². The molecule has 0 saturated carbocycles. The summed E-state index contributed by atoms with van der Waals surface area (Å²) in [5.74, 6) is 0. The van der Waals surface area contributed by atoms with Crippen molar-refractivity contribution in [2.75, 3.05) is 6.61 Å². The first-order chi connectivity index (χ1) is 7.70. The zero-order chi connectivity index (χ0) is 11.8. The molecular weight excluding hydrogens is 218 g/mol. The van der Waals surface area contributed by atoms with Crippen LogP contribution >= 0.6 is 12.2 Å². The minimum absolute atomic E-state index is 0.158. The molecular formula is C13H19NOS. The molecule has 1 rings (SSSR count). The Kier molecular flexibility index (Phi) is 6.04. The fourth-order valence-corrected chi connectivity index (χ4v) is 1.63. The lowest BCUT2D eigenvalue weighted by Gasteiger charge is -2.13. The lowest BCUT2D eigenvalue weighted by Crippen LogP contribution is -2.08. The van der Waals surface area contributed by atoms with Crippen molar-refractivity contribution in [1.29, 1.82) is 0 Å². The van der Waals surface area contributed by atoms with Crippen LogP contribution in [0.5, 0.6) is 0 Å². The van der Waals surface area contributed by atoms with Gasteiger partial charge in [-0.1, -0.05) is 42.5 Å². The van der Waals surface area contributed by atoms with E-state index >= 15 is 0 Å². The van der Waals surface area contributed by atoms with Crippen LogP contribution in [-0.2, 0) is 4.74 Å². The standard InChI is InChI=1S/C13H19NOS/c1-11(12-7-3-2-4-8-12)15-10-6-5-9-13(14)16/h2-4,7-8,11H,5-6,9-10H2,1H3,(H2,14,16). The monoisotopic (exact) mass is 237 g/mol. The molecule has 0 bridgehead atoms. The molecule has 0 heterocycles. The van der Waals surface area contributed by atoms with Crippen molar-refractivity contribution in [3.05, 3.63) is 35.9 Å². The van der Waals surface area contributed by atoms with Crippen molar-refractivity contribution in [1.82, 2.24) is 0 Å². The fraction of sp³-hybridized carbons (Fsp3) is 0.462. The summed E-state index contributed by atoms with van der Waals surface area (Å²) >= 11 is 4.81. The Balaban J connectivity index is 2.16. The predicted molar refractivity (Wildman–Crippen MR) is 71.4 cm³/mol. The molecule has 1 atom stereocenters. The van der Waals surface area contributed by atoms with Crippen LogP contribution < -0.4 is 5.73 Å². The predicted octanol–water partition coefficient (Wildman–Crippen LogP) is 3.22. The molecule has 0 aromatic heterocycles. The summed E-state index contributed by atoms with van der Waals surface area (Å²) in [7, 11) is 0. The smallest absolute Gasteiger partial charge is 0.0796 e. The molecule has 0 aliphatic rings. The molecule has 3 heteroatoms. The first-order valence-corrected chi connectivity index (χ1v) is 6.06. The minimum Gasteiger partial charge on any atom is -0.393 e. The Morgan fingerprint density at radius 3 is 2.62 bits per heavy atom. The average molecular weight is 237 g/mol. The Labute approximate surface area is 103 Å². The number of nitrogens with two attached hydrogens (primary N) is 1. The third-order valence-electron chi connectivity index (χ3n) is 2.45. The highest BCUT2D eigenvalue weighted by Gasteiger charge is 2.03. The van der Waals surface area contributed by atoms with Gasteiger partial charge >= 0.3 is 0 Å². The van der Waals surface area contributed by atoms with E-state index in [-0.39, 0.29) is 6.10 Å². The average Bonchev–Trinajstić information content (AvgIpc) is 2.29. The second-order valence-corrected chi connectivity index (χ2v) is 4.37. The number of unbranched alkanes of at least 4 members (excludes halogenated alkanes) is 1. The summed E-state index contributed by atoms with van der Waals surface area (Å²) in [5, 5.41) is 0. The molecule has 2 nitrogen and oxygen atoms in total. The van der Waals surface area contributed by atoms with Gasteiger partial charge < -0.3 is 10.5 Å². The van der Waals surface area contributed by atoms with Crippen molar-refractivity contribution in [3.63, 3.8) is 0 Å². The van der Waals surface area contributed by atoms with E-state index in [0.29, 0.717) is 4.99 Å². The van der Waals surface area contributed by atoms with Crippen molar-refractivity contribution in [2.24, 2.45) is 5.73 Å². The molecule has 0 aliphatic carbocycles. The van der Waals surface area contributed by atoms with E-state index in [1.54, 1.807) is 0 Å². The number of ether oxygens (including phenoxy) is 1. The van der Waals surface area contributed by atoms with Crippen LogP contribution in [0.4, 0.5) is 0 Å². The summed E-state index contributed by atoms with van der Waals surface area (Å²) in [5.41, 5.74) is 6.64. The minimum atomic E-state index is 0.158. The number of rotatable bonds is 7. The second kappa shape index (κ2) is 7.36. The van der Waals surface area contributed by atoms with Gasteiger partial charge in [-0.25, -0.2) is 0 Å². The Morgan fingerprint density at radius 1 is 1.31 bits per heavy atom. The van der Waals surface area contributed by atoms with Crippen molar-refractivity contribution in [2.45, 2.75) is 32.3 Å². The van der Waals surface area contributed by atoms with Gasteiger partial charge in [0.05, 0.1) is 11.1 Å². The van der Waals surface area contributed by atoms with Crippen molar-refractivity contribution < 1.29 is 4.74 Å². The molecule has 0 aliphatic heterocycles. The van der Waals surface area contributed by atoms with Crippen LogP contribution in [-0.4, -0.2) is 11.6 Å². The van der Waals surface area contributed by atoms with Gasteiger partial charge in [-0.05, 0) is 31.7 Å². The van der Waals surface area contributed by atoms with E-state index < -0.39 is 0 Å². The number of hydrogen-bond acceptors (Lipinski definition) is 2. The van der Waals surface area contributed by atoms with Crippen molar-refractivity contribution in [3.8, 4) is 0 Å². The molecule has 0 saturated heterocycles. The van der Waals surface area contributed by atoms with Crippen LogP contribution in [0.1, 0.15) is 37.9 Å². The molecule has 16 heavy (non-hydrogen) atoms. The Bertz CT molecular complexity index is 313. The maximum absolute atomic E-state index is 5.73. The van der Waals surface area contributed by atoms with Gasteiger partial charge in [0.25, 0.3) is 0 Å². The molecule has 88 valence electrons. The quantitative estimate of drug-likeness (QED) is 0.584. The molecule has 0 fully saturated rings. The third-order valence-corrected chi connectivity index (χ3v) is 2.66. The van der Waals surface area contributed by atoms with Crippen LogP contribution in [0.25, 0.3) is 0 Å². The van der Waals surface area contributed by atoms with Crippen LogP contribution in [0.15, 0.2) is 30.3 Å². The summed E-state index contributed by atoms with van der Waals surface area (Å²) in [6.07, 6.45) is 3.00. The van der Waals surface area contributed by atoms with E-state index in [2.05, 4.69) is 19.1 Å². The lowest BCUT2D eigenvalue weighted by molar-refractivity contribution is 0.0633. The van der Waals surface area contributed by atoms with Gasteiger partial charge in [0, 0.05) is 6.61 Å². The SMILES string of the molecule is CC(OCCCCC(N)=S)c1ccccc1. The number of benzene rings is 1. The highest BCUT2D eigenvalue weighted by atomic mass is 32.1. The number of thiocarbonyl (C=S) groups is 1. The first kappa shape index (κ1) is 13.1. The summed E-state index contributed by atoms with van der Waals surface area (Å²) < 4.78 is 5.73. The Morgan fingerprint density at radius 2 is 2.00 bits per heavy atom. The third kappa shape index (κ3) is 5.24. The number of hydrogen-bond donors (Lipinski definition) is 1. The fourth-order valence-electron chi connectivity index (χ4n) is 1.48. The van der Waals surface area contributed by atoms with Gasteiger partial charge in [0.2, 0.25) is 0 Å². The van der Waals surface area contributed by atoms with Gasteiger partial charge in [0.1, 0.15) is 0 Å². The van der Waals surface area contributed by atoms with Gasteiger partial charge in [0.15, 0.2) is 0 Å². The van der Waals surface area contributed by atoms with E-state index in [0.717, 1.165) is 25.9 Å². The van der Waals surface area contributed by atoms with Crippen molar-refractivity contribution >= 4 is 17.2 Å². The van der Waals surface area contributed by atoms with E-state index in [9.17, 15) is 0 Å². The highest BCUT2D eigenvalue weighted by molar-refractivity contribution is 7.80. The normalized spacial score (nSPS) is 12.3. The molecule has 1 aromatic carbocycles. The molecule has 0 spiro atoms. The molecule has 1 unspecified atom stereocenters.